The number of nitrogens with zero attached hydrogens (tertiary/aromatic N) is 2. The molecule has 4 rings (SSSR count). The Bertz CT molecular complexity index is 1230. The number of imidazole rings is 1. The second-order valence-corrected chi connectivity index (χ2v) is 6.80. The highest BCUT2D eigenvalue weighted by atomic mass is 16.2. The minimum atomic E-state index is -1.10. The number of primary amides is 1. The van der Waals surface area contributed by atoms with Crippen molar-refractivity contribution in [2.24, 2.45) is 5.73 Å². The van der Waals surface area contributed by atoms with Gasteiger partial charge in [0.1, 0.15) is 11.7 Å². The van der Waals surface area contributed by atoms with Gasteiger partial charge < -0.3 is 16.0 Å². The number of nitrogens with one attached hydrogen (secondary N) is 2. The maximum atomic E-state index is 12.9. The fourth-order valence-corrected chi connectivity index (χ4v) is 3.39. The summed E-state index contributed by atoms with van der Waals surface area (Å²) >= 11 is 0. The summed E-state index contributed by atoms with van der Waals surface area (Å²) in [7, 11) is 0. The number of aromatic nitrogens is 3. The third-order valence-electron chi connectivity index (χ3n) is 4.87. The molecule has 8 heteroatoms. The Balaban J connectivity index is 1.62. The highest BCUT2D eigenvalue weighted by Gasteiger charge is 2.27. The van der Waals surface area contributed by atoms with Crippen molar-refractivity contribution in [3.05, 3.63) is 84.6 Å². The average molecular weight is 401 g/mol. The van der Waals surface area contributed by atoms with Crippen LogP contribution in [0.5, 0.6) is 0 Å². The van der Waals surface area contributed by atoms with Gasteiger partial charge >= 0.3 is 0 Å². The Morgan fingerprint density at radius 2 is 1.80 bits per heavy atom. The Hall–Kier alpha value is -4.20. The van der Waals surface area contributed by atoms with E-state index in [-0.39, 0.29) is 12.1 Å². The van der Waals surface area contributed by atoms with Crippen LogP contribution in [0.1, 0.15) is 16.1 Å². The lowest BCUT2D eigenvalue weighted by Gasteiger charge is -2.17. The Labute approximate surface area is 171 Å². The normalized spacial score (nSPS) is 11.9. The number of fused-ring (bicyclic) bond motifs is 1. The van der Waals surface area contributed by atoms with Crippen LogP contribution in [0.3, 0.4) is 0 Å². The van der Waals surface area contributed by atoms with E-state index in [9.17, 15) is 14.4 Å². The molecule has 2 aromatic heterocycles. The number of hydrogen-bond donors (Lipinski definition) is 3. The number of carbonyl (C=O) groups excluding carboxylic acids is 3. The SMILES string of the molecule is NC(=O)C(=O)C(Cc1c[nH]c2ccccc12)NC(=O)c1cncn1-c1ccccc1. The van der Waals surface area contributed by atoms with Crippen molar-refractivity contribution < 1.29 is 14.4 Å². The van der Waals surface area contributed by atoms with Crippen LogP contribution in [0.4, 0.5) is 0 Å². The topological polar surface area (TPSA) is 123 Å². The smallest absolute Gasteiger partial charge is 0.287 e. The third kappa shape index (κ3) is 3.70. The zero-order valence-electron chi connectivity index (χ0n) is 15.9. The number of rotatable bonds is 7. The molecule has 8 nitrogen and oxygen atoms in total. The standard InChI is InChI=1S/C22H19N5O3/c23-21(29)20(28)18(10-14-11-25-17-9-5-4-8-16(14)17)26-22(30)19-12-24-13-27(19)15-6-2-1-3-7-15/h1-9,11-13,18,25H,10H2,(H2,23,29)(H,26,30). The van der Waals surface area contributed by atoms with Crippen molar-refractivity contribution in [3.63, 3.8) is 0 Å². The van der Waals surface area contributed by atoms with Crippen LogP contribution in [0.25, 0.3) is 16.6 Å². The predicted molar refractivity (Wildman–Crippen MR) is 111 cm³/mol. The number of para-hydroxylation sites is 2. The molecule has 0 radical (unpaired) electrons. The molecule has 0 saturated carbocycles. The molecule has 1 atom stereocenters. The first-order valence-electron chi connectivity index (χ1n) is 9.32. The average Bonchev–Trinajstić information content (AvgIpc) is 3.41. The molecule has 2 amide bonds. The molecule has 0 spiro atoms. The van der Waals surface area contributed by atoms with E-state index in [4.69, 9.17) is 5.73 Å². The van der Waals surface area contributed by atoms with Crippen LogP contribution in [0.15, 0.2) is 73.3 Å². The van der Waals surface area contributed by atoms with Gasteiger partial charge in [0.2, 0.25) is 5.78 Å². The first-order valence-corrected chi connectivity index (χ1v) is 9.32. The molecule has 150 valence electrons. The molecule has 1 unspecified atom stereocenters. The largest absolute Gasteiger partial charge is 0.363 e. The van der Waals surface area contributed by atoms with E-state index in [1.807, 2.05) is 54.6 Å². The van der Waals surface area contributed by atoms with Crippen LogP contribution < -0.4 is 11.1 Å². The van der Waals surface area contributed by atoms with Gasteiger partial charge in [-0.15, -0.1) is 0 Å². The van der Waals surface area contributed by atoms with Crippen molar-refractivity contribution in [1.82, 2.24) is 19.9 Å². The minimum Gasteiger partial charge on any atom is -0.363 e. The minimum absolute atomic E-state index is 0.122. The molecule has 2 aromatic carbocycles. The van der Waals surface area contributed by atoms with Gasteiger partial charge in [0, 0.05) is 29.2 Å². The highest BCUT2D eigenvalue weighted by Crippen LogP contribution is 2.19. The van der Waals surface area contributed by atoms with Crippen molar-refractivity contribution in [3.8, 4) is 5.69 Å². The highest BCUT2D eigenvalue weighted by molar-refractivity contribution is 6.38. The summed E-state index contributed by atoms with van der Waals surface area (Å²) in [5.41, 5.74) is 7.90. The van der Waals surface area contributed by atoms with E-state index in [2.05, 4.69) is 15.3 Å². The van der Waals surface area contributed by atoms with Gasteiger partial charge in [0.15, 0.2) is 0 Å². The van der Waals surface area contributed by atoms with Crippen molar-refractivity contribution in [2.45, 2.75) is 12.5 Å². The Morgan fingerprint density at radius 3 is 2.57 bits per heavy atom. The van der Waals surface area contributed by atoms with Gasteiger partial charge in [-0.25, -0.2) is 4.98 Å². The molecule has 30 heavy (non-hydrogen) atoms. The van der Waals surface area contributed by atoms with Gasteiger partial charge in [-0.2, -0.15) is 0 Å². The van der Waals surface area contributed by atoms with Gasteiger partial charge in [0.05, 0.1) is 12.5 Å². The number of nitrogens with two attached hydrogens (primary N) is 1. The van der Waals surface area contributed by atoms with E-state index in [1.165, 1.54) is 12.5 Å². The first-order chi connectivity index (χ1) is 14.5. The maximum absolute atomic E-state index is 12.9. The lowest BCUT2D eigenvalue weighted by molar-refractivity contribution is -0.137. The van der Waals surface area contributed by atoms with Gasteiger partial charge in [-0.1, -0.05) is 36.4 Å². The summed E-state index contributed by atoms with van der Waals surface area (Å²) in [5, 5.41) is 3.56. The number of benzene rings is 2. The molecule has 0 fully saturated rings. The Kier molecular flexibility index (Phi) is 5.13. The lowest BCUT2D eigenvalue weighted by Crippen LogP contribution is -2.47. The van der Waals surface area contributed by atoms with E-state index in [0.717, 1.165) is 22.2 Å². The number of amides is 2. The summed E-state index contributed by atoms with van der Waals surface area (Å²) < 4.78 is 1.60. The first kappa shape index (κ1) is 19.1. The van der Waals surface area contributed by atoms with Crippen LogP contribution in [0, 0.1) is 0 Å². The molecule has 0 aliphatic carbocycles. The van der Waals surface area contributed by atoms with E-state index < -0.39 is 23.6 Å². The van der Waals surface area contributed by atoms with Crippen LogP contribution in [0.2, 0.25) is 0 Å². The molecule has 0 aliphatic heterocycles. The number of Topliss-reactive ketones (excluding diaryl/α,β-unsaturated/α-hetero) is 1. The second-order valence-electron chi connectivity index (χ2n) is 6.80. The third-order valence-corrected chi connectivity index (χ3v) is 4.87. The summed E-state index contributed by atoms with van der Waals surface area (Å²) in [6, 6.07) is 15.7. The molecule has 2 heterocycles. The van der Waals surface area contributed by atoms with E-state index in [0.29, 0.717) is 0 Å². The van der Waals surface area contributed by atoms with Gasteiger partial charge in [0.25, 0.3) is 11.8 Å². The number of hydrogen-bond acceptors (Lipinski definition) is 4. The van der Waals surface area contributed by atoms with Gasteiger partial charge in [-0.05, 0) is 23.8 Å². The zero-order chi connectivity index (χ0) is 21.1. The monoisotopic (exact) mass is 401 g/mol. The molecule has 0 aliphatic rings. The molecule has 4 aromatic rings. The summed E-state index contributed by atoms with van der Waals surface area (Å²) in [6.07, 6.45) is 4.79. The van der Waals surface area contributed by atoms with Crippen LogP contribution in [-0.2, 0) is 16.0 Å². The Morgan fingerprint density at radius 1 is 1.07 bits per heavy atom. The van der Waals surface area contributed by atoms with Gasteiger partial charge in [-0.3, -0.25) is 19.0 Å². The maximum Gasteiger partial charge on any atom is 0.287 e. The quantitative estimate of drug-likeness (QED) is 0.408. The van der Waals surface area contributed by atoms with E-state index in [1.54, 1.807) is 10.8 Å². The number of ketones is 1. The fourth-order valence-electron chi connectivity index (χ4n) is 3.39. The van der Waals surface area contributed by atoms with Crippen molar-refractivity contribution in [1.29, 1.82) is 0 Å². The molecule has 4 N–H and O–H groups in total. The summed E-state index contributed by atoms with van der Waals surface area (Å²) in [5.74, 6) is -2.49. The number of aromatic amines is 1. The number of H-pyrrole nitrogens is 1. The zero-order valence-corrected chi connectivity index (χ0v) is 15.9. The van der Waals surface area contributed by atoms with Crippen molar-refractivity contribution in [2.75, 3.05) is 0 Å². The molecular weight excluding hydrogens is 382 g/mol. The predicted octanol–water partition coefficient (Wildman–Crippen LogP) is 1.75. The fraction of sp³-hybridized carbons (Fsp3) is 0.0909. The lowest BCUT2D eigenvalue weighted by atomic mass is 10.0. The summed E-state index contributed by atoms with van der Waals surface area (Å²) in [4.78, 5) is 44.1. The van der Waals surface area contributed by atoms with Crippen LogP contribution >= 0.6 is 0 Å². The molecular formula is C22H19N5O3. The van der Waals surface area contributed by atoms with Crippen LogP contribution in [-0.4, -0.2) is 38.2 Å². The van der Waals surface area contributed by atoms with Crippen molar-refractivity contribution >= 4 is 28.5 Å². The molecule has 0 saturated heterocycles. The second kappa shape index (κ2) is 8.04. The van der Waals surface area contributed by atoms with E-state index >= 15 is 0 Å². The molecule has 0 bridgehead atoms. The summed E-state index contributed by atoms with van der Waals surface area (Å²) in [6.45, 7) is 0. The number of carbonyl (C=O) groups is 3.